The lowest BCUT2D eigenvalue weighted by Gasteiger charge is -2.24. The fourth-order valence-corrected chi connectivity index (χ4v) is 6.60. The molecule has 3 heterocycles. The summed E-state index contributed by atoms with van der Waals surface area (Å²) >= 11 is 9.93. The number of aliphatic hydroxyl groups is 1. The topological polar surface area (TPSA) is 92.6 Å². The van der Waals surface area contributed by atoms with Crippen molar-refractivity contribution in [2.45, 2.75) is 29.5 Å². The second-order valence-electron chi connectivity index (χ2n) is 8.33. The monoisotopic (exact) mass is 583 g/mol. The maximum atomic E-state index is 13.5. The van der Waals surface area contributed by atoms with Crippen LogP contribution in [0.4, 0.5) is 5.13 Å². The summed E-state index contributed by atoms with van der Waals surface area (Å²) in [5.74, 6) is -0.423. The van der Waals surface area contributed by atoms with Crippen LogP contribution in [0, 0.1) is 0 Å². The Labute approximate surface area is 236 Å². The van der Waals surface area contributed by atoms with E-state index in [4.69, 9.17) is 16.3 Å². The number of benzene rings is 2. The van der Waals surface area contributed by atoms with E-state index in [9.17, 15) is 14.7 Å². The number of halogens is 1. The SMILES string of the molecule is CCCOc1cccc(C2C(C(=O)c3cccs3)=C(O)C(=O)N2c2nnc(SCc3ccc(Cl)cc3)s2)c1. The molecule has 11 heteroatoms. The molecule has 0 saturated carbocycles. The zero-order valence-electron chi connectivity index (χ0n) is 20.2. The number of nitrogens with zero attached hydrogens (tertiary/aromatic N) is 3. The molecular formula is C27H22ClN3O4S3. The predicted molar refractivity (Wildman–Crippen MR) is 152 cm³/mol. The molecule has 38 heavy (non-hydrogen) atoms. The van der Waals surface area contributed by atoms with Gasteiger partial charge in [0.25, 0.3) is 5.91 Å². The van der Waals surface area contributed by atoms with Gasteiger partial charge in [-0.05, 0) is 53.3 Å². The fourth-order valence-electron chi connectivity index (χ4n) is 3.97. The van der Waals surface area contributed by atoms with Crippen LogP contribution >= 0.6 is 46.0 Å². The van der Waals surface area contributed by atoms with Gasteiger partial charge in [0.2, 0.25) is 10.9 Å². The molecule has 4 aromatic rings. The first-order chi connectivity index (χ1) is 18.5. The first-order valence-electron chi connectivity index (χ1n) is 11.7. The molecule has 0 spiro atoms. The largest absolute Gasteiger partial charge is 0.503 e. The highest BCUT2D eigenvalue weighted by atomic mass is 35.5. The van der Waals surface area contributed by atoms with Gasteiger partial charge in [-0.1, -0.05) is 72.0 Å². The van der Waals surface area contributed by atoms with E-state index in [1.54, 1.807) is 35.7 Å². The van der Waals surface area contributed by atoms with Crippen molar-refractivity contribution in [2.75, 3.05) is 11.5 Å². The van der Waals surface area contributed by atoms with Gasteiger partial charge in [-0.15, -0.1) is 21.5 Å². The van der Waals surface area contributed by atoms with Crippen LogP contribution in [0.2, 0.25) is 5.02 Å². The smallest absolute Gasteiger partial charge is 0.296 e. The number of thioether (sulfide) groups is 1. The van der Waals surface area contributed by atoms with Crippen LogP contribution < -0.4 is 9.64 Å². The van der Waals surface area contributed by atoms with E-state index in [0.717, 1.165) is 12.0 Å². The Kier molecular flexibility index (Phi) is 8.13. The van der Waals surface area contributed by atoms with Crippen molar-refractivity contribution >= 4 is 62.9 Å². The summed E-state index contributed by atoms with van der Waals surface area (Å²) in [5, 5.41) is 22.2. The van der Waals surface area contributed by atoms with Crippen LogP contribution in [0.5, 0.6) is 5.75 Å². The molecule has 2 aromatic heterocycles. The molecule has 1 unspecified atom stereocenters. The Morgan fingerprint density at radius 3 is 2.71 bits per heavy atom. The molecule has 0 bridgehead atoms. The molecular weight excluding hydrogens is 562 g/mol. The van der Waals surface area contributed by atoms with Crippen molar-refractivity contribution in [3.63, 3.8) is 0 Å². The maximum absolute atomic E-state index is 13.5. The van der Waals surface area contributed by atoms with Gasteiger partial charge in [0.05, 0.1) is 23.1 Å². The number of ketones is 1. The molecule has 5 rings (SSSR count). The molecule has 1 amide bonds. The Morgan fingerprint density at radius 1 is 1.16 bits per heavy atom. The Balaban J connectivity index is 1.49. The number of amides is 1. The number of ether oxygens (including phenoxy) is 1. The highest BCUT2D eigenvalue weighted by Crippen LogP contribution is 2.44. The quantitative estimate of drug-likeness (QED) is 0.121. The second-order valence-corrected chi connectivity index (χ2v) is 11.9. The van der Waals surface area contributed by atoms with Gasteiger partial charge in [0, 0.05) is 10.8 Å². The highest BCUT2D eigenvalue weighted by Gasteiger charge is 2.46. The zero-order valence-corrected chi connectivity index (χ0v) is 23.4. The standard InChI is InChI=1S/C27H22ClN3O4S3/c1-2-12-35-19-6-3-5-17(14-19)22-21(23(32)20-7-4-13-36-20)24(33)25(34)31(22)26-29-30-27(38-26)37-15-16-8-10-18(28)11-9-16/h3-11,13-14,22,33H,2,12,15H2,1H3. The van der Waals surface area contributed by atoms with Gasteiger partial charge in [-0.2, -0.15) is 0 Å². The molecule has 0 fully saturated rings. The van der Waals surface area contributed by atoms with Crippen molar-refractivity contribution in [1.29, 1.82) is 0 Å². The number of anilines is 1. The number of hydrogen-bond acceptors (Lipinski definition) is 9. The predicted octanol–water partition coefficient (Wildman–Crippen LogP) is 7.12. The molecule has 194 valence electrons. The summed E-state index contributed by atoms with van der Waals surface area (Å²) in [7, 11) is 0. The molecule has 1 aliphatic heterocycles. The van der Waals surface area contributed by atoms with Crippen molar-refractivity contribution in [2.24, 2.45) is 0 Å². The van der Waals surface area contributed by atoms with Gasteiger partial charge in [-0.3, -0.25) is 14.5 Å². The third-order valence-corrected chi connectivity index (χ3v) is 8.97. The average molecular weight is 584 g/mol. The van der Waals surface area contributed by atoms with Crippen molar-refractivity contribution in [1.82, 2.24) is 10.2 Å². The number of thiophene rings is 1. The average Bonchev–Trinajstić information content (AvgIpc) is 3.68. The van der Waals surface area contributed by atoms with E-state index in [1.165, 1.54) is 39.3 Å². The molecule has 1 atom stereocenters. The normalized spacial score (nSPS) is 15.4. The van der Waals surface area contributed by atoms with Gasteiger partial charge in [0.1, 0.15) is 5.75 Å². The highest BCUT2D eigenvalue weighted by molar-refractivity contribution is 8.00. The third kappa shape index (κ3) is 5.49. The first-order valence-corrected chi connectivity index (χ1v) is 14.8. The lowest BCUT2D eigenvalue weighted by Crippen LogP contribution is -2.31. The van der Waals surface area contributed by atoms with E-state index in [0.29, 0.717) is 43.0 Å². The number of hydrogen-bond donors (Lipinski definition) is 1. The summed E-state index contributed by atoms with van der Waals surface area (Å²) in [6, 6.07) is 17.3. The van der Waals surface area contributed by atoms with Crippen molar-refractivity contribution < 1.29 is 19.4 Å². The van der Waals surface area contributed by atoms with E-state index < -0.39 is 23.5 Å². The first kappa shape index (κ1) is 26.4. The molecule has 2 aromatic carbocycles. The van der Waals surface area contributed by atoms with Crippen molar-refractivity contribution in [3.05, 3.63) is 98.4 Å². The maximum Gasteiger partial charge on any atom is 0.296 e. The van der Waals surface area contributed by atoms with Crippen LogP contribution in [0.25, 0.3) is 0 Å². The summed E-state index contributed by atoms with van der Waals surface area (Å²) in [6.45, 7) is 2.54. The van der Waals surface area contributed by atoms with Gasteiger partial charge in [-0.25, -0.2) is 0 Å². The lowest BCUT2D eigenvalue weighted by molar-refractivity contribution is -0.117. The van der Waals surface area contributed by atoms with Gasteiger partial charge >= 0.3 is 0 Å². The van der Waals surface area contributed by atoms with E-state index >= 15 is 0 Å². The molecule has 0 radical (unpaired) electrons. The number of aliphatic hydroxyl groups excluding tert-OH is 1. The van der Waals surface area contributed by atoms with Gasteiger partial charge < -0.3 is 9.84 Å². The summed E-state index contributed by atoms with van der Waals surface area (Å²) in [5.41, 5.74) is 1.70. The number of carbonyl (C=O) groups is 2. The number of Topliss-reactive ketones (excluding diaryl/α,β-unsaturated/α-hetero) is 1. The van der Waals surface area contributed by atoms with Crippen LogP contribution in [0.3, 0.4) is 0 Å². The van der Waals surface area contributed by atoms with Crippen LogP contribution in [-0.4, -0.2) is 33.6 Å². The molecule has 7 nitrogen and oxygen atoms in total. The molecule has 0 aliphatic carbocycles. The lowest BCUT2D eigenvalue weighted by atomic mass is 9.95. The number of carbonyl (C=O) groups excluding carboxylic acids is 2. The second kappa shape index (κ2) is 11.7. The van der Waals surface area contributed by atoms with Gasteiger partial charge in [0.15, 0.2) is 10.1 Å². The molecule has 0 saturated heterocycles. The summed E-state index contributed by atoms with van der Waals surface area (Å²) in [6.07, 6.45) is 0.836. The van der Waals surface area contributed by atoms with E-state index in [2.05, 4.69) is 10.2 Å². The van der Waals surface area contributed by atoms with E-state index in [-0.39, 0.29) is 5.57 Å². The minimum atomic E-state index is -0.885. The Bertz CT molecular complexity index is 1490. The molecule has 1 aliphatic rings. The number of aromatic nitrogens is 2. The Morgan fingerprint density at radius 2 is 1.97 bits per heavy atom. The van der Waals surface area contributed by atoms with E-state index in [1.807, 2.05) is 37.3 Å². The summed E-state index contributed by atoms with van der Waals surface area (Å²) < 4.78 is 6.45. The minimum absolute atomic E-state index is 0.00987. The summed E-state index contributed by atoms with van der Waals surface area (Å²) in [4.78, 5) is 28.7. The van der Waals surface area contributed by atoms with Crippen LogP contribution in [-0.2, 0) is 10.5 Å². The van der Waals surface area contributed by atoms with Crippen molar-refractivity contribution in [3.8, 4) is 5.75 Å². The van der Waals surface area contributed by atoms with Crippen LogP contribution in [0.15, 0.2) is 81.7 Å². The minimum Gasteiger partial charge on any atom is -0.503 e. The van der Waals surface area contributed by atoms with Crippen LogP contribution in [0.1, 0.15) is 40.2 Å². The zero-order chi connectivity index (χ0) is 26.6. The Hall–Kier alpha value is -3.18. The fraction of sp³-hybridized carbons (Fsp3) is 0.185. The third-order valence-electron chi connectivity index (χ3n) is 5.72. The number of rotatable bonds is 10. The molecule has 1 N–H and O–H groups in total.